The molecule has 4 heteroatoms. The fraction of sp³-hybridized carbons (Fsp3) is 0.0435. The van der Waals surface area contributed by atoms with Gasteiger partial charge in [-0.2, -0.15) is 0 Å². The molecule has 0 atom stereocenters. The van der Waals surface area contributed by atoms with Gasteiger partial charge in [-0.05, 0) is 0 Å². The molecule has 0 spiro atoms. The van der Waals surface area contributed by atoms with Crippen LogP contribution in [-0.4, -0.2) is 35.4 Å². The Labute approximate surface area is 301 Å². The number of benzene rings is 4. The second-order valence-corrected chi connectivity index (χ2v) is 15.9. The summed E-state index contributed by atoms with van der Waals surface area (Å²) in [5.74, 6) is 0. The molecule has 2 aliphatic heterocycles. The minimum atomic E-state index is -0.802. The molecule has 3 nitrogen and oxygen atoms in total. The third-order valence-corrected chi connectivity index (χ3v) is 12.6. The summed E-state index contributed by atoms with van der Waals surface area (Å²) < 4.78 is 2.75. The summed E-state index contributed by atoms with van der Waals surface area (Å²) >= 11 is -0.802. The zero-order valence-electron chi connectivity index (χ0n) is 27.8. The van der Waals surface area contributed by atoms with Crippen LogP contribution in [0.3, 0.4) is 0 Å². The number of hydrogen-bond donors (Lipinski definition) is 1. The van der Waals surface area contributed by atoms with E-state index in [2.05, 4.69) is 177 Å². The van der Waals surface area contributed by atoms with Gasteiger partial charge in [-0.1, -0.05) is 0 Å². The van der Waals surface area contributed by atoms with Crippen LogP contribution in [0.2, 0.25) is 0 Å². The Balaban J connectivity index is 1.48. The third kappa shape index (κ3) is 5.57. The predicted octanol–water partition coefficient (Wildman–Crippen LogP) is 11.7. The van der Waals surface area contributed by atoms with E-state index in [1.165, 1.54) is 40.2 Å². The number of hydrogen-bond acceptors (Lipinski definition) is 2. The first kappa shape index (κ1) is 30.5. The second kappa shape index (κ2) is 12.7. The first-order valence-electron chi connectivity index (χ1n) is 16.9. The number of aromatic amines is 1. The van der Waals surface area contributed by atoms with Crippen molar-refractivity contribution >= 4 is 62.6 Å². The normalized spacial score (nSPS) is 12.0. The fourth-order valence-electron chi connectivity index (χ4n) is 6.94. The van der Waals surface area contributed by atoms with E-state index in [9.17, 15) is 0 Å². The Morgan fingerprint density at radius 3 is 1.14 bits per heavy atom. The second-order valence-electron chi connectivity index (χ2n) is 12.8. The van der Waals surface area contributed by atoms with Crippen LogP contribution in [0.4, 0.5) is 0 Å². The predicted molar refractivity (Wildman–Crippen MR) is 213 cm³/mol. The molecule has 0 fully saturated rings. The molecule has 5 heterocycles. The number of H-pyrrole nitrogens is 1. The summed E-state index contributed by atoms with van der Waals surface area (Å²) in [6.45, 7) is 4.26. The van der Waals surface area contributed by atoms with E-state index in [0.717, 1.165) is 56.1 Å². The molecule has 1 N–H and O–H groups in total. The number of nitrogens with zero attached hydrogens (tertiary/aromatic N) is 2. The van der Waals surface area contributed by atoms with Gasteiger partial charge in [0, 0.05) is 0 Å². The Morgan fingerprint density at radius 2 is 0.740 bits per heavy atom. The van der Waals surface area contributed by atoms with Gasteiger partial charge >= 0.3 is 303 Å². The fourth-order valence-corrected chi connectivity index (χ4v) is 10.2. The zero-order valence-corrected chi connectivity index (χ0v) is 30.1. The minimum absolute atomic E-state index is 0.802. The van der Waals surface area contributed by atoms with Crippen LogP contribution >= 0.6 is 0 Å². The van der Waals surface area contributed by atoms with Crippen LogP contribution in [0.15, 0.2) is 133 Å². The van der Waals surface area contributed by atoms with E-state index in [-0.39, 0.29) is 0 Å². The molecule has 8 bridgehead atoms. The van der Waals surface area contributed by atoms with Crippen LogP contribution in [0.1, 0.15) is 33.9 Å². The van der Waals surface area contributed by atoms with Crippen molar-refractivity contribution < 1.29 is 0 Å². The van der Waals surface area contributed by atoms with Gasteiger partial charge in [0.2, 0.25) is 0 Å². The topological polar surface area (TPSA) is 41.6 Å². The van der Waals surface area contributed by atoms with Gasteiger partial charge in [-0.25, -0.2) is 0 Å². The van der Waals surface area contributed by atoms with Crippen molar-refractivity contribution in [2.24, 2.45) is 0 Å². The van der Waals surface area contributed by atoms with E-state index in [0.29, 0.717) is 0 Å². The van der Waals surface area contributed by atoms with Crippen molar-refractivity contribution in [3.05, 3.63) is 167 Å². The standard InChI is InChI=1S/C46H33N3Te/c1-29-13-17-33(18-14-29)43-35-21-22-36(47-35)44(34-19-15-30(2)16-20-34)38-24-26-40(49-38)46(32-11-7-4-8-12-32)42-28-27-41(50-42)45(31-9-5-3-6-10-31)39-25-23-37(43)48-39/h3-28,47H,1-2H3. The first-order chi connectivity index (χ1) is 24.6. The monoisotopic (exact) mass is 757 g/mol. The molecule has 238 valence electrons. The first-order valence-corrected chi connectivity index (χ1v) is 19.2. The molecule has 3 aromatic heterocycles. The van der Waals surface area contributed by atoms with Gasteiger partial charge < -0.3 is 0 Å². The summed E-state index contributed by atoms with van der Waals surface area (Å²) in [5, 5.41) is 0. The molecule has 0 radical (unpaired) electrons. The number of aryl methyl sites for hydroxylation is 2. The number of aromatic nitrogens is 3. The third-order valence-electron chi connectivity index (χ3n) is 9.43. The van der Waals surface area contributed by atoms with Crippen molar-refractivity contribution in [1.82, 2.24) is 15.0 Å². The van der Waals surface area contributed by atoms with Gasteiger partial charge in [-0.15, -0.1) is 0 Å². The summed E-state index contributed by atoms with van der Waals surface area (Å²) in [6.07, 6.45) is 8.78. The molecule has 0 saturated heterocycles. The molecule has 50 heavy (non-hydrogen) atoms. The quantitative estimate of drug-likeness (QED) is 0.182. The molecule has 4 aromatic carbocycles. The van der Waals surface area contributed by atoms with Crippen molar-refractivity contribution in [2.45, 2.75) is 13.8 Å². The summed E-state index contributed by atoms with van der Waals surface area (Å²) in [6, 6.07) is 48.1. The molecule has 0 aliphatic carbocycles. The van der Waals surface area contributed by atoms with Crippen LogP contribution < -0.4 is 0 Å². The zero-order chi connectivity index (χ0) is 33.6. The molecule has 2 aliphatic rings. The summed E-state index contributed by atoms with van der Waals surface area (Å²) in [5.41, 5.74) is 17.6. The number of nitrogens with one attached hydrogen (secondary N) is 1. The van der Waals surface area contributed by atoms with Gasteiger partial charge in [0.05, 0.1) is 0 Å². The van der Waals surface area contributed by atoms with E-state index >= 15 is 0 Å². The molecule has 0 saturated carbocycles. The SMILES string of the molecule is Cc1ccc(-c2c3nc(c(-c4ccccc4)c4ccc([te]4)c(-c4ccccc4)c4nc(c(-c5ccc(C)cc5)c5ccc2[nH]5)C=C4)C=C3)cc1. The maximum absolute atomic E-state index is 5.44. The van der Waals surface area contributed by atoms with Gasteiger partial charge in [0.1, 0.15) is 0 Å². The molecule has 0 amide bonds. The van der Waals surface area contributed by atoms with Gasteiger partial charge in [-0.3, -0.25) is 0 Å². The van der Waals surface area contributed by atoms with Crippen molar-refractivity contribution in [3.63, 3.8) is 0 Å². The average molecular weight is 755 g/mol. The van der Waals surface area contributed by atoms with E-state index in [1.54, 1.807) is 0 Å². The van der Waals surface area contributed by atoms with Crippen LogP contribution in [0, 0.1) is 13.8 Å². The summed E-state index contributed by atoms with van der Waals surface area (Å²) in [4.78, 5) is 14.7. The molecule has 9 rings (SSSR count). The van der Waals surface area contributed by atoms with Crippen molar-refractivity contribution in [1.29, 1.82) is 0 Å². The number of rotatable bonds is 4. The Hall–Kier alpha value is -5.53. The maximum atomic E-state index is 5.44. The van der Waals surface area contributed by atoms with E-state index < -0.39 is 20.4 Å². The van der Waals surface area contributed by atoms with Crippen molar-refractivity contribution in [3.8, 4) is 44.5 Å². The Bertz CT molecular complexity index is 2440. The Morgan fingerprint density at radius 1 is 0.380 bits per heavy atom. The van der Waals surface area contributed by atoms with Crippen LogP contribution in [0.25, 0.3) is 86.6 Å². The molecular formula is C46H33N3Te. The molecule has 0 unspecified atom stereocenters. The molecule has 7 aromatic rings. The van der Waals surface area contributed by atoms with Gasteiger partial charge in [0.25, 0.3) is 0 Å². The average Bonchev–Trinajstić information content (AvgIpc) is 3.98. The van der Waals surface area contributed by atoms with Crippen LogP contribution in [-0.2, 0) is 0 Å². The molecular weight excluding hydrogens is 722 g/mol. The van der Waals surface area contributed by atoms with Crippen molar-refractivity contribution in [2.75, 3.05) is 0 Å². The number of fused-ring (bicyclic) bond motifs is 8. The van der Waals surface area contributed by atoms with E-state index in [1.807, 2.05) is 0 Å². The van der Waals surface area contributed by atoms with Gasteiger partial charge in [0.15, 0.2) is 0 Å². The Kier molecular flexibility index (Phi) is 7.77. The summed E-state index contributed by atoms with van der Waals surface area (Å²) in [7, 11) is 0. The van der Waals surface area contributed by atoms with E-state index in [4.69, 9.17) is 9.97 Å². The van der Waals surface area contributed by atoms with Crippen LogP contribution in [0.5, 0.6) is 0 Å².